The SMILES string of the molecule is CC(=O)Nc1ccc2nc(CN3C[C@H]4CCC[C@@H](C4)C3)ccc2c1. The summed E-state index contributed by atoms with van der Waals surface area (Å²) in [5.41, 5.74) is 2.97. The summed E-state index contributed by atoms with van der Waals surface area (Å²) < 4.78 is 0. The molecule has 0 spiro atoms. The Morgan fingerprint density at radius 3 is 2.75 bits per heavy atom. The first kappa shape index (κ1) is 15.6. The van der Waals surface area contributed by atoms with Crippen molar-refractivity contribution in [2.75, 3.05) is 18.4 Å². The van der Waals surface area contributed by atoms with Gasteiger partial charge in [-0.2, -0.15) is 0 Å². The molecular formula is C20H25N3O. The van der Waals surface area contributed by atoms with Crippen LogP contribution in [0.15, 0.2) is 30.3 Å². The maximum atomic E-state index is 11.2. The number of piperidine rings is 1. The number of anilines is 1. The summed E-state index contributed by atoms with van der Waals surface area (Å²) in [6, 6.07) is 10.2. The fourth-order valence-electron chi connectivity index (χ4n) is 4.43. The lowest BCUT2D eigenvalue weighted by atomic mass is 9.78. The van der Waals surface area contributed by atoms with Crippen molar-refractivity contribution in [1.82, 2.24) is 9.88 Å². The van der Waals surface area contributed by atoms with Gasteiger partial charge in [0.25, 0.3) is 0 Å². The third-order valence-electron chi connectivity index (χ3n) is 5.38. The lowest BCUT2D eigenvalue weighted by Crippen LogP contribution is -2.42. The second kappa shape index (κ2) is 6.52. The number of hydrogen-bond donors (Lipinski definition) is 1. The molecule has 2 aliphatic rings. The van der Waals surface area contributed by atoms with Gasteiger partial charge >= 0.3 is 0 Å². The zero-order chi connectivity index (χ0) is 16.5. The van der Waals surface area contributed by atoms with Crippen molar-refractivity contribution < 1.29 is 4.79 Å². The summed E-state index contributed by atoms with van der Waals surface area (Å²) in [5.74, 6) is 1.76. The average molecular weight is 323 g/mol. The molecule has 2 atom stereocenters. The van der Waals surface area contributed by atoms with Crippen LogP contribution in [0.4, 0.5) is 5.69 Å². The van der Waals surface area contributed by atoms with E-state index in [-0.39, 0.29) is 5.91 Å². The van der Waals surface area contributed by atoms with E-state index in [1.165, 1.54) is 45.7 Å². The molecule has 1 aromatic heterocycles. The monoisotopic (exact) mass is 323 g/mol. The molecule has 2 heterocycles. The minimum absolute atomic E-state index is 0.0467. The van der Waals surface area contributed by atoms with Crippen LogP contribution in [0.1, 0.15) is 38.3 Å². The molecule has 2 aromatic rings. The normalized spacial score (nSPS) is 24.0. The van der Waals surface area contributed by atoms with Crippen molar-refractivity contribution in [2.45, 2.75) is 39.2 Å². The number of benzene rings is 1. The summed E-state index contributed by atoms with van der Waals surface area (Å²) >= 11 is 0. The van der Waals surface area contributed by atoms with Gasteiger partial charge in [-0.3, -0.25) is 14.7 Å². The average Bonchev–Trinajstić information content (AvgIpc) is 2.54. The summed E-state index contributed by atoms with van der Waals surface area (Å²) in [5, 5.41) is 3.89. The van der Waals surface area contributed by atoms with E-state index >= 15 is 0 Å². The lowest BCUT2D eigenvalue weighted by molar-refractivity contribution is -0.114. The molecule has 0 radical (unpaired) electrons. The zero-order valence-electron chi connectivity index (χ0n) is 14.3. The van der Waals surface area contributed by atoms with Crippen LogP contribution in [0.5, 0.6) is 0 Å². The van der Waals surface area contributed by atoms with Gasteiger partial charge in [0.05, 0.1) is 11.2 Å². The molecule has 1 saturated heterocycles. The van der Waals surface area contributed by atoms with Gasteiger partial charge in [-0.1, -0.05) is 12.5 Å². The molecule has 24 heavy (non-hydrogen) atoms. The number of carbonyl (C=O) groups is 1. The summed E-state index contributed by atoms with van der Waals surface area (Å²) in [6.45, 7) is 4.95. The maximum absolute atomic E-state index is 11.2. The van der Waals surface area contributed by atoms with Crippen molar-refractivity contribution >= 4 is 22.5 Å². The number of rotatable bonds is 3. The van der Waals surface area contributed by atoms with E-state index < -0.39 is 0 Å². The predicted molar refractivity (Wildman–Crippen MR) is 96.8 cm³/mol. The van der Waals surface area contributed by atoms with Gasteiger partial charge in [-0.25, -0.2) is 0 Å². The van der Waals surface area contributed by atoms with E-state index in [2.05, 4.69) is 22.3 Å². The van der Waals surface area contributed by atoms with Gasteiger partial charge in [0.2, 0.25) is 5.91 Å². The smallest absolute Gasteiger partial charge is 0.221 e. The van der Waals surface area contributed by atoms with Crippen LogP contribution < -0.4 is 5.32 Å². The van der Waals surface area contributed by atoms with Crippen LogP contribution in [-0.2, 0) is 11.3 Å². The fourth-order valence-corrected chi connectivity index (χ4v) is 4.43. The number of fused-ring (bicyclic) bond motifs is 3. The number of nitrogens with zero attached hydrogens (tertiary/aromatic N) is 2. The molecule has 1 aliphatic heterocycles. The Kier molecular flexibility index (Phi) is 4.23. The van der Waals surface area contributed by atoms with Gasteiger partial charge < -0.3 is 5.32 Å². The van der Waals surface area contributed by atoms with Crippen molar-refractivity contribution in [3.05, 3.63) is 36.0 Å². The first-order chi connectivity index (χ1) is 11.7. The number of carbonyl (C=O) groups excluding carboxylic acids is 1. The van der Waals surface area contributed by atoms with Gasteiger partial charge in [-0.05, 0) is 55.4 Å². The number of nitrogens with one attached hydrogen (secondary N) is 1. The molecule has 1 aliphatic carbocycles. The predicted octanol–water partition coefficient (Wildman–Crippen LogP) is 3.82. The Labute approximate surface area is 143 Å². The van der Waals surface area contributed by atoms with Crippen molar-refractivity contribution in [1.29, 1.82) is 0 Å². The summed E-state index contributed by atoms with van der Waals surface area (Å²) in [7, 11) is 0. The Balaban J connectivity index is 1.49. The van der Waals surface area contributed by atoms with Gasteiger partial charge in [0, 0.05) is 37.6 Å². The molecule has 4 heteroatoms. The van der Waals surface area contributed by atoms with Crippen LogP contribution in [0, 0.1) is 11.8 Å². The molecule has 4 nitrogen and oxygen atoms in total. The number of likely N-dealkylation sites (tertiary alicyclic amines) is 1. The van der Waals surface area contributed by atoms with E-state index in [1.54, 1.807) is 0 Å². The largest absolute Gasteiger partial charge is 0.326 e. The van der Waals surface area contributed by atoms with Crippen LogP contribution >= 0.6 is 0 Å². The highest BCUT2D eigenvalue weighted by atomic mass is 16.1. The second-order valence-corrected chi connectivity index (χ2v) is 7.48. The molecule has 1 saturated carbocycles. The molecular weight excluding hydrogens is 298 g/mol. The highest BCUT2D eigenvalue weighted by Gasteiger charge is 2.30. The van der Waals surface area contributed by atoms with Crippen molar-refractivity contribution in [3.63, 3.8) is 0 Å². The van der Waals surface area contributed by atoms with Crippen LogP contribution in [-0.4, -0.2) is 28.9 Å². The molecule has 1 aromatic carbocycles. The first-order valence-corrected chi connectivity index (χ1v) is 9.05. The molecule has 4 rings (SSSR count). The molecule has 2 fully saturated rings. The molecule has 0 unspecified atom stereocenters. The second-order valence-electron chi connectivity index (χ2n) is 7.48. The molecule has 1 N–H and O–H groups in total. The van der Waals surface area contributed by atoms with Gasteiger partial charge in [0.1, 0.15) is 0 Å². The minimum atomic E-state index is -0.0467. The van der Waals surface area contributed by atoms with E-state index in [9.17, 15) is 4.79 Å². The summed E-state index contributed by atoms with van der Waals surface area (Å²) in [4.78, 5) is 18.6. The van der Waals surface area contributed by atoms with Crippen molar-refractivity contribution in [2.24, 2.45) is 11.8 Å². The molecule has 1 amide bonds. The third-order valence-corrected chi connectivity index (χ3v) is 5.38. The first-order valence-electron chi connectivity index (χ1n) is 9.05. The van der Waals surface area contributed by atoms with E-state index in [1.807, 2.05) is 18.2 Å². The summed E-state index contributed by atoms with van der Waals surface area (Å²) in [6.07, 6.45) is 5.68. The highest BCUT2D eigenvalue weighted by Crippen LogP contribution is 2.34. The molecule has 126 valence electrons. The quantitative estimate of drug-likeness (QED) is 0.934. The van der Waals surface area contributed by atoms with E-state index in [0.717, 1.165) is 40.7 Å². The Morgan fingerprint density at radius 2 is 2.00 bits per heavy atom. The standard InChI is InChI=1S/C20H25N3O/c1-14(24)21-18-7-8-20-17(10-18)5-6-19(22-20)13-23-11-15-3-2-4-16(9-15)12-23/h5-8,10,15-16H,2-4,9,11-13H2,1H3,(H,21,24)/t15-,16-/m0/s1. The Bertz CT molecular complexity index is 746. The Morgan fingerprint density at radius 1 is 1.21 bits per heavy atom. The maximum Gasteiger partial charge on any atom is 0.221 e. The number of aromatic nitrogens is 1. The van der Waals surface area contributed by atoms with E-state index in [0.29, 0.717) is 0 Å². The zero-order valence-corrected chi connectivity index (χ0v) is 14.3. The number of pyridine rings is 1. The number of hydrogen-bond acceptors (Lipinski definition) is 3. The van der Waals surface area contributed by atoms with Gasteiger partial charge in [-0.15, -0.1) is 0 Å². The minimum Gasteiger partial charge on any atom is -0.326 e. The molecule has 2 bridgehead atoms. The van der Waals surface area contributed by atoms with Crippen molar-refractivity contribution in [3.8, 4) is 0 Å². The van der Waals surface area contributed by atoms with Crippen LogP contribution in [0.25, 0.3) is 10.9 Å². The van der Waals surface area contributed by atoms with Crippen LogP contribution in [0.3, 0.4) is 0 Å². The highest BCUT2D eigenvalue weighted by molar-refractivity contribution is 5.92. The number of amides is 1. The van der Waals surface area contributed by atoms with E-state index in [4.69, 9.17) is 4.98 Å². The van der Waals surface area contributed by atoms with Gasteiger partial charge in [0.15, 0.2) is 0 Å². The lowest BCUT2D eigenvalue weighted by Gasteiger charge is -2.41. The Hall–Kier alpha value is -1.94. The third kappa shape index (κ3) is 3.44. The topological polar surface area (TPSA) is 45.2 Å². The van der Waals surface area contributed by atoms with Crippen LogP contribution in [0.2, 0.25) is 0 Å². The fraction of sp³-hybridized carbons (Fsp3) is 0.500.